The van der Waals surface area contributed by atoms with Crippen molar-refractivity contribution in [1.82, 2.24) is 15.2 Å². The summed E-state index contributed by atoms with van der Waals surface area (Å²) in [4.78, 5) is 6.49. The monoisotopic (exact) mass is 235 g/mol. The highest BCUT2D eigenvalue weighted by Gasteiger charge is 2.25. The van der Waals surface area contributed by atoms with E-state index in [0.29, 0.717) is 0 Å². The van der Waals surface area contributed by atoms with E-state index in [1.54, 1.807) is 6.20 Å². The topological polar surface area (TPSA) is 37.4 Å². The molecule has 0 aromatic carbocycles. The molecule has 17 heavy (non-hydrogen) atoms. The maximum Gasteiger partial charge on any atom is 0.126 e. The van der Waals surface area contributed by atoms with Gasteiger partial charge in [-0.25, -0.2) is 0 Å². The van der Waals surface area contributed by atoms with Crippen molar-refractivity contribution >= 4 is 0 Å². The largest absolute Gasteiger partial charge is 0.492 e. The maximum atomic E-state index is 5.82. The van der Waals surface area contributed by atoms with Crippen molar-refractivity contribution in [2.75, 3.05) is 27.2 Å². The fourth-order valence-corrected chi connectivity index (χ4v) is 1.88. The summed E-state index contributed by atoms with van der Waals surface area (Å²) in [6.45, 7) is 2.53. The Balaban J connectivity index is 1.80. The average molecular weight is 235 g/mol. The summed E-state index contributed by atoms with van der Waals surface area (Å²) >= 11 is 0. The van der Waals surface area contributed by atoms with E-state index >= 15 is 0 Å². The van der Waals surface area contributed by atoms with Crippen molar-refractivity contribution in [2.45, 2.75) is 25.4 Å². The number of hydrogen-bond donors (Lipinski definition) is 1. The van der Waals surface area contributed by atoms with Gasteiger partial charge in [-0.2, -0.15) is 0 Å². The van der Waals surface area contributed by atoms with E-state index in [1.807, 2.05) is 19.3 Å². The first kappa shape index (κ1) is 12.3. The molecule has 0 radical (unpaired) electrons. The van der Waals surface area contributed by atoms with Crippen LogP contribution >= 0.6 is 0 Å². The van der Waals surface area contributed by atoms with Crippen molar-refractivity contribution in [1.29, 1.82) is 0 Å². The van der Waals surface area contributed by atoms with Crippen LogP contribution in [0.2, 0.25) is 0 Å². The number of rotatable bonds is 7. The van der Waals surface area contributed by atoms with Gasteiger partial charge < -0.3 is 15.0 Å². The van der Waals surface area contributed by atoms with Crippen LogP contribution in [-0.4, -0.2) is 43.2 Å². The summed E-state index contributed by atoms with van der Waals surface area (Å²) in [5.74, 6) is 0.943. The summed E-state index contributed by atoms with van der Waals surface area (Å²) in [6.07, 6.45) is 6.32. The molecule has 4 nitrogen and oxygen atoms in total. The molecule has 0 bridgehead atoms. The third-order valence-corrected chi connectivity index (χ3v) is 3.10. The molecule has 1 aromatic rings. The van der Waals surface area contributed by atoms with E-state index in [-0.39, 0.29) is 0 Å². The molecule has 1 aliphatic rings. The van der Waals surface area contributed by atoms with Crippen molar-refractivity contribution < 1.29 is 4.74 Å². The molecule has 1 N–H and O–H groups in total. The highest BCUT2D eigenvalue weighted by atomic mass is 16.5. The quantitative estimate of drug-likeness (QED) is 0.772. The van der Waals surface area contributed by atoms with Crippen LogP contribution in [-0.2, 0) is 6.54 Å². The summed E-state index contributed by atoms with van der Waals surface area (Å²) < 4.78 is 5.82. The molecule has 0 atom stereocenters. The minimum absolute atomic E-state index is 0.744. The fraction of sp³-hybridized carbons (Fsp3) is 0.615. The average Bonchev–Trinajstić information content (AvgIpc) is 3.15. The SMILES string of the molecule is CNCc1cnccc1OCCN(C)C1CC1. The standard InChI is InChI=1S/C13H21N3O/c1-14-9-11-10-15-6-5-13(11)17-8-7-16(2)12-3-4-12/h5-6,10,12,14H,3-4,7-9H2,1-2H3. The van der Waals surface area contributed by atoms with Crippen molar-refractivity contribution in [2.24, 2.45) is 0 Å². The first-order valence-electron chi connectivity index (χ1n) is 6.22. The summed E-state index contributed by atoms with van der Waals surface area (Å²) in [5, 5.41) is 3.12. The Bertz CT molecular complexity index is 352. The Morgan fingerprint density at radius 2 is 2.35 bits per heavy atom. The minimum Gasteiger partial charge on any atom is -0.492 e. The van der Waals surface area contributed by atoms with Gasteiger partial charge in [0.2, 0.25) is 0 Å². The number of nitrogens with zero attached hydrogens (tertiary/aromatic N) is 2. The molecular formula is C13H21N3O. The third kappa shape index (κ3) is 3.68. The molecule has 0 saturated heterocycles. The Morgan fingerprint density at radius 1 is 1.53 bits per heavy atom. The number of likely N-dealkylation sites (N-methyl/N-ethyl adjacent to an activating group) is 1. The van der Waals surface area contributed by atoms with Gasteiger partial charge >= 0.3 is 0 Å². The Labute approximate surface area is 103 Å². The van der Waals surface area contributed by atoms with Crippen molar-refractivity contribution in [3.05, 3.63) is 24.0 Å². The normalized spacial score (nSPS) is 15.2. The van der Waals surface area contributed by atoms with Gasteiger partial charge in [0, 0.05) is 37.1 Å². The minimum atomic E-state index is 0.744. The summed E-state index contributed by atoms with van der Waals surface area (Å²) in [6, 6.07) is 2.73. The summed E-state index contributed by atoms with van der Waals surface area (Å²) in [5.41, 5.74) is 1.11. The molecule has 0 amide bonds. The Hall–Kier alpha value is -1.13. The van der Waals surface area contributed by atoms with Crippen LogP contribution in [0, 0.1) is 0 Å². The van der Waals surface area contributed by atoms with Gasteiger partial charge in [0.05, 0.1) is 0 Å². The van der Waals surface area contributed by atoms with Gasteiger partial charge in [-0.1, -0.05) is 0 Å². The first-order chi connectivity index (χ1) is 8.31. The van der Waals surface area contributed by atoms with E-state index < -0.39 is 0 Å². The number of nitrogens with one attached hydrogen (secondary N) is 1. The predicted octanol–water partition coefficient (Wildman–Crippen LogP) is 1.27. The van der Waals surface area contributed by atoms with Crippen LogP contribution in [0.5, 0.6) is 5.75 Å². The second-order valence-corrected chi connectivity index (χ2v) is 4.57. The lowest BCUT2D eigenvalue weighted by atomic mass is 10.2. The van der Waals surface area contributed by atoms with Crippen molar-refractivity contribution in [3.8, 4) is 5.75 Å². The lowest BCUT2D eigenvalue weighted by molar-refractivity contribution is 0.230. The van der Waals surface area contributed by atoms with Crippen LogP contribution in [0.25, 0.3) is 0 Å². The molecule has 1 aromatic heterocycles. The molecule has 0 aliphatic heterocycles. The van der Waals surface area contributed by atoms with Crippen LogP contribution < -0.4 is 10.1 Å². The van der Waals surface area contributed by atoms with E-state index in [1.165, 1.54) is 12.8 Å². The zero-order chi connectivity index (χ0) is 12.1. The molecule has 0 unspecified atom stereocenters. The zero-order valence-electron chi connectivity index (χ0n) is 10.6. The van der Waals surface area contributed by atoms with E-state index in [0.717, 1.165) is 37.1 Å². The fourth-order valence-electron chi connectivity index (χ4n) is 1.88. The van der Waals surface area contributed by atoms with Gasteiger partial charge in [-0.3, -0.25) is 4.98 Å². The molecule has 1 fully saturated rings. The molecule has 1 heterocycles. The number of pyridine rings is 1. The van der Waals surface area contributed by atoms with Crippen LogP contribution in [0.4, 0.5) is 0 Å². The third-order valence-electron chi connectivity index (χ3n) is 3.10. The molecule has 4 heteroatoms. The van der Waals surface area contributed by atoms with Gasteiger partial charge in [-0.15, -0.1) is 0 Å². The molecule has 94 valence electrons. The van der Waals surface area contributed by atoms with Crippen molar-refractivity contribution in [3.63, 3.8) is 0 Å². The van der Waals surface area contributed by atoms with Gasteiger partial charge in [0.1, 0.15) is 12.4 Å². The molecule has 1 saturated carbocycles. The molecule has 1 aliphatic carbocycles. The lowest BCUT2D eigenvalue weighted by Crippen LogP contribution is -2.26. The lowest BCUT2D eigenvalue weighted by Gasteiger charge is -2.17. The van der Waals surface area contributed by atoms with E-state index in [2.05, 4.69) is 22.2 Å². The second-order valence-electron chi connectivity index (χ2n) is 4.57. The highest BCUT2D eigenvalue weighted by molar-refractivity contribution is 5.29. The Kier molecular flexibility index (Phi) is 4.34. The maximum absolute atomic E-state index is 5.82. The predicted molar refractivity (Wildman–Crippen MR) is 68.1 cm³/mol. The molecule has 2 rings (SSSR count). The second kappa shape index (κ2) is 5.98. The highest BCUT2D eigenvalue weighted by Crippen LogP contribution is 2.25. The summed E-state index contributed by atoms with van der Waals surface area (Å²) in [7, 11) is 4.10. The van der Waals surface area contributed by atoms with Gasteiger partial charge in [0.25, 0.3) is 0 Å². The van der Waals surface area contributed by atoms with E-state index in [4.69, 9.17) is 4.74 Å². The van der Waals surface area contributed by atoms with E-state index in [9.17, 15) is 0 Å². The van der Waals surface area contributed by atoms with Crippen LogP contribution in [0.1, 0.15) is 18.4 Å². The first-order valence-corrected chi connectivity index (χ1v) is 6.22. The van der Waals surface area contributed by atoms with Gasteiger partial charge in [0.15, 0.2) is 0 Å². The number of hydrogen-bond acceptors (Lipinski definition) is 4. The molecule has 0 spiro atoms. The Morgan fingerprint density at radius 3 is 3.06 bits per heavy atom. The smallest absolute Gasteiger partial charge is 0.126 e. The zero-order valence-corrected chi connectivity index (χ0v) is 10.6. The van der Waals surface area contributed by atoms with Gasteiger partial charge in [-0.05, 0) is 33.0 Å². The van der Waals surface area contributed by atoms with Crippen LogP contribution in [0.15, 0.2) is 18.5 Å². The van der Waals surface area contributed by atoms with Crippen LogP contribution in [0.3, 0.4) is 0 Å². The number of aromatic nitrogens is 1. The number of ether oxygens (including phenoxy) is 1. The molecular weight excluding hydrogens is 214 g/mol.